The van der Waals surface area contributed by atoms with Crippen molar-refractivity contribution in [3.05, 3.63) is 24.3 Å². The maximum Gasteiger partial charge on any atom is 0.414 e. The molecule has 1 aliphatic rings. The lowest BCUT2D eigenvalue weighted by Gasteiger charge is -2.37. The number of fused-ring (bicyclic) bond motifs is 1. The van der Waals surface area contributed by atoms with Gasteiger partial charge in [0.1, 0.15) is 5.60 Å². The van der Waals surface area contributed by atoms with E-state index in [-0.39, 0.29) is 12.5 Å². The van der Waals surface area contributed by atoms with Crippen LogP contribution in [0.25, 0.3) is 0 Å². The van der Waals surface area contributed by atoms with Gasteiger partial charge >= 0.3 is 12.1 Å². The zero-order valence-corrected chi connectivity index (χ0v) is 14.4. The molecule has 0 aliphatic carbocycles. The Morgan fingerprint density at radius 3 is 2.12 bits per heavy atom. The van der Waals surface area contributed by atoms with E-state index in [1.807, 2.05) is 0 Å². The summed E-state index contributed by atoms with van der Waals surface area (Å²) in [5.41, 5.74) is 0.579. The lowest BCUT2D eigenvalue weighted by atomic mass is 10.1. The molecule has 1 aliphatic heterocycles. The van der Waals surface area contributed by atoms with Gasteiger partial charge in [0.05, 0.1) is 11.4 Å². The SMILES string of the molecule is CC(=O)OCC(=O)N1CCN(C(=O)OC(C)(C)C)c2ccccc21. The van der Waals surface area contributed by atoms with Gasteiger partial charge in [-0.3, -0.25) is 14.5 Å². The maximum absolute atomic E-state index is 12.4. The molecular weight excluding hydrogens is 312 g/mol. The topological polar surface area (TPSA) is 76.2 Å². The van der Waals surface area contributed by atoms with Crippen LogP contribution in [-0.4, -0.2) is 43.3 Å². The predicted octanol–water partition coefficient (Wildman–Crippen LogP) is 2.34. The Kier molecular flexibility index (Phi) is 5.11. The number of esters is 1. The highest BCUT2D eigenvalue weighted by atomic mass is 16.6. The molecule has 130 valence electrons. The second kappa shape index (κ2) is 6.90. The first-order valence-electron chi connectivity index (χ1n) is 7.72. The molecule has 2 rings (SSSR count). The Balaban J connectivity index is 2.23. The van der Waals surface area contributed by atoms with Crippen LogP contribution >= 0.6 is 0 Å². The smallest absolute Gasteiger partial charge is 0.414 e. The maximum atomic E-state index is 12.4. The van der Waals surface area contributed by atoms with Gasteiger partial charge in [0.25, 0.3) is 5.91 Å². The predicted molar refractivity (Wildman–Crippen MR) is 89.0 cm³/mol. The van der Waals surface area contributed by atoms with Crippen molar-refractivity contribution in [3.8, 4) is 0 Å². The normalized spacial score (nSPS) is 14.0. The first kappa shape index (κ1) is 17.8. The second-order valence-corrected chi connectivity index (χ2v) is 6.45. The number of hydrogen-bond donors (Lipinski definition) is 0. The molecule has 7 heteroatoms. The van der Waals surface area contributed by atoms with E-state index in [1.165, 1.54) is 16.7 Å². The highest BCUT2D eigenvalue weighted by Crippen LogP contribution is 2.33. The highest BCUT2D eigenvalue weighted by molar-refractivity contribution is 6.03. The van der Waals surface area contributed by atoms with Gasteiger partial charge in [-0.25, -0.2) is 4.79 Å². The third-order valence-electron chi connectivity index (χ3n) is 3.32. The summed E-state index contributed by atoms with van der Waals surface area (Å²) in [4.78, 5) is 38.6. The fourth-order valence-corrected chi connectivity index (χ4v) is 2.37. The van der Waals surface area contributed by atoms with Crippen LogP contribution in [0.15, 0.2) is 24.3 Å². The van der Waals surface area contributed by atoms with Crippen LogP contribution in [0.1, 0.15) is 27.7 Å². The van der Waals surface area contributed by atoms with Crippen LogP contribution in [0.2, 0.25) is 0 Å². The summed E-state index contributed by atoms with van der Waals surface area (Å²) in [5, 5.41) is 0. The average Bonchev–Trinajstić information content (AvgIpc) is 2.49. The summed E-state index contributed by atoms with van der Waals surface area (Å²) < 4.78 is 10.2. The molecule has 24 heavy (non-hydrogen) atoms. The van der Waals surface area contributed by atoms with Crippen molar-refractivity contribution in [2.75, 3.05) is 29.5 Å². The Bertz CT molecular complexity index is 651. The van der Waals surface area contributed by atoms with Crippen molar-refractivity contribution in [2.24, 2.45) is 0 Å². The second-order valence-electron chi connectivity index (χ2n) is 6.45. The number of ether oxygens (including phenoxy) is 2. The fourth-order valence-electron chi connectivity index (χ4n) is 2.37. The molecule has 1 heterocycles. The molecule has 0 N–H and O–H groups in total. The van der Waals surface area contributed by atoms with Gasteiger partial charge in [0.15, 0.2) is 6.61 Å². The number of carbonyl (C=O) groups excluding carboxylic acids is 3. The minimum absolute atomic E-state index is 0.302. The third-order valence-corrected chi connectivity index (χ3v) is 3.32. The van der Waals surface area contributed by atoms with Crippen LogP contribution in [0.5, 0.6) is 0 Å². The number of carbonyl (C=O) groups is 3. The van der Waals surface area contributed by atoms with E-state index in [4.69, 9.17) is 9.47 Å². The van der Waals surface area contributed by atoms with Gasteiger partial charge in [0.2, 0.25) is 0 Å². The molecule has 0 spiro atoms. The van der Waals surface area contributed by atoms with Crippen LogP contribution < -0.4 is 9.80 Å². The Morgan fingerprint density at radius 1 is 1.04 bits per heavy atom. The summed E-state index contributed by atoms with van der Waals surface area (Å²) in [5.74, 6) is -0.842. The molecule has 0 aromatic heterocycles. The van der Waals surface area contributed by atoms with Crippen molar-refractivity contribution in [3.63, 3.8) is 0 Å². The van der Waals surface area contributed by atoms with Gasteiger partial charge in [-0.2, -0.15) is 0 Å². The van der Waals surface area contributed by atoms with Crippen molar-refractivity contribution in [1.29, 1.82) is 0 Å². The molecule has 0 unspecified atom stereocenters. The van der Waals surface area contributed by atoms with E-state index in [1.54, 1.807) is 45.0 Å². The van der Waals surface area contributed by atoms with Crippen LogP contribution in [-0.2, 0) is 19.1 Å². The highest BCUT2D eigenvalue weighted by Gasteiger charge is 2.32. The zero-order valence-electron chi connectivity index (χ0n) is 14.4. The first-order valence-corrected chi connectivity index (χ1v) is 7.72. The average molecular weight is 334 g/mol. The quantitative estimate of drug-likeness (QED) is 0.776. The Morgan fingerprint density at radius 2 is 1.58 bits per heavy atom. The summed E-state index contributed by atoms with van der Waals surface area (Å²) in [6.45, 7) is 6.94. The molecule has 0 radical (unpaired) electrons. The van der Waals surface area contributed by atoms with E-state index in [9.17, 15) is 14.4 Å². The zero-order chi connectivity index (χ0) is 17.9. The molecule has 7 nitrogen and oxygen atoms in total. The third kappa shape index (κ3) is 4.24. The van der Waals surface area contributed by atoms with Crippen molar-refractivity contribution in [1.82, 2.24) is 0 Å². The van der Waals surface area contributed by atoms with Crippen LogP contribution in [0, 0.1) is 0 Å². The summed E-state index contributed by atoms with van der Waals surface area (Å²) in [6, 6.07) is 7.07. The summed E-state index contributed by atoms with van der Waals surface area (Å²) >= 11 is 0. The van der Waals surface area contributed by atoms with E-state index in [2.05, 4.69) is 0 Å². The van der Waals surface area contributed by atoms with Gasteiger partial charge in [0, 0.05) is 20.0 Å². The molecular formula is C17H22N2O5. The Labute approximate surface area is 141 Å². The van der Waals surface area contributed by atoms with Gasteiger partial charge in [-0.05, 0) is 32.9 Å². The van der Waals surface area contributed by atoms with E-state index < -0.39 is 17.7 Å². The van der Waals surface area contributed by atoms with Crippen molar-refractivity contribution >= 4 is 29.3 Å². The molecule has 1 aromatic rings. The van der Waals surface area contributed by atoms with Crippen molar-refractivity contribution < 1.29 is 23.9 Å². The number of amides is 2. The number of para-hydroxylation sites is 2. The van der Waals surface area contributed by atoms with E-state index >= 15 is 0 Å². The lowest BCUT2D eigenvalue weighted by molar-refractivity contribution is -0.145. The molecule has 1 aromatic carbocycles. The lowest BCUT2D eigenvalue weighted by Crippen LogP contribution is -2.48. The Hall–Kier alpha value is -2.57. The largest absolute Gasteiger partial charge is 0.456 e. The first-order chi connectivity index (χ1) is 11.2. The monoisotopic (exact) mass is 334 g/mol. The molecule has 0 saturated heterocycles. The minimum Gasteiger partial charge on any atom is -0.456 e. The van der Waals surface area contributed by atoms with Gasteiger partial charge in [-0.15, -0.1) is 0 Å². The molecule has 2 amide bonds. The number of hydrogen-bond acceptors (Lipinski definition) is 5. The van der Waals surface area contributed by atoms with Crippen LogP contribution in [0.4, 0.5) is 16.2 Å². The van der Waals surface area contributed by atoms with Gasteiger partial charge < -0.3 is 14.4 Å². The number of nitrogens with zero attached hydrogens (tertiary/aromatic N) is 2. The number of benzene rings is 1. The van der Waals surface area contributed by atoms with Crippen molar-refractivity contribution in [2.45, 2.75) is 33.3 Å². The summed E-state index contributed by atoms with van der Waals surface area (Å²) in [7, 11) is 0. The van der Waals surface area contributed by atoms with Crippen LogP contribution in [0.3, 0.4) is 0 Å². The molecule has 0 fully saturated rings. The van der Waals surface area contributed by atoms with Gasteiger partial charge in [-0.1, -0.05) is 12.1 Å². The summed E-state index contributed by atoms with van der Waals surface area (Å²) in [6.07, 6.45) is -0.456. The number of rotatable bonds is 2. The minimum atomic E-state index is -0.603. The molecule has 0 bridgehead atoms. The van der Waals surface area contributed by atoms with E-state index in [0.717, 1.165) is 0 Å². The standard InChI is InChI=1S/C17H22N2O5/c1-12(20)23-11-15(21)18-9-10-19(16(22)24-17(2,3)4)14-8-6-5-7-13(14)18/h5-8H,9-11H2,1-4H3. The van der Waals surface area contributed by atoms with E-state index in [0.29, 0.717) is 24.5 Å². The number of anilines is 2. The fraction of sp³-hybridized carbons (Fsp3) is 0.471. The molecule has 0 saturated carbocycles. The molecule has 0 atom stereocenters.